The average molecular weight is 425 g/mol. The maximum Gasteiger partial charge on any atom is 0.248 e. The Labute approximate surface area is 159 Å². The molecule has 12 heteroatoms. The summed E-state index contributed by atoms with van der Waals surface area (Å²) < 4.78 is 59.0. The highest BCUT2D eigenvalue weighted by Gasteiger charge is 2.25. The molecule has 1 aromatic heterocycles. The lowest BCUT2D eigenvalue weighted by molar-refractivity contribution is 0.100. The van der Waals surface area contributed by atoms with Crippen LogP contribution < -0.4 is 20.6 Å². The third-order valence-corrected chi connectivity index (χ3v) is 6.94. The second kappa shape index (κ2) is 6.67. The zero-order valence-corrected chi connectivity index (χ0v) is 16.3. The molecule has 3 aromatic rings. The third-order valence-electron chi connectivity index (χ3n) is 4.13. The summed E-state index contributed by atoms with van der Waals surface area (Å²) in [7, 11) is -5.96. The summed E-state index contributed by atoms with van der Waals surface area (Å²) in [5.41, 5.74) is 4.26. The number of primary amides is 1. The first-order valence-electron chi connectivity index (χ1n) is 7.73. The molecule has 0 aliphatic carbocycles. The van der Waals surface area contributed by atoms with Crippen molar-refractivity contribution in [2.24, 2.45) is 5.73 Å². The Morgan fingerprint density at radius 3 is 2.18 bits per heavy atom. The molecule has 1 amide bonds. The Hall–Kier alpha value is -2.80. The summed E-state index contributed by atoms with van der Waals surface area (Å²) >= 11 is 0. The van der Waals surface area contributed by atoms with Crippen LogP contribution in [0, 0.1) is 0 Å². The average Bonchev–Trinajstić information content (AvgIpc) is 2.67. The van der Waals surface area contributed by atoms with E-state index in [1.54, 1.807) is 0 Å². The minimum atomic E-state index is -4.17. The van der Waals surface area contributed by atoms with Crippen LogP contribution >= 0.6 is 0 Å². The van der Waals surface area contributed by atoms with Crippen molar-refractivity contribution in [2.75, 3.05) is 14.1 Å². The number of hydrogen-bond acceptors (Lipinski definition) is 7. The molecule has 28 heavy (non-hydrogen) atoms. The monoisotopic (exact) mass is 425 g/mol. The van der Waals surface area contributed by atoms with Crippen LogP contribution in [0.2, 0.25) is 0 Å². The summed E-state index contributed by atoms with van der Waals surface area (Å²) in [6.45, 7) is 0. The van der Waals surface area contributed by atoms with Crippen molar-refractivity contribution >= 4 is 47.9 Å². The van der Waals surface area contributed by atoms with Gasteiger partial charge < -0.3 is 10.2 Å². The van der Waals surface area contributed by atoms with E-state index in [-0.39, 0.29) is 27.5 Å². The molecule has 1 heterocycles. The van der Waals surface area contributed by atoms with E-state index in [1.165, 1.54) is 18.2 Å². The molecule has 0 saturated heterocycles. The minimum absolute atomic E-state index is 0.0132. The van der Waals surface area contributed by atoms with E-state index in [1.807, 2.05) is 0 Å². The largest absolute Gasteiger partial charge is 0.454 e. The number of carbonyl (C=O) groups is 1. The number of rotatable bonds is 5. The van der Waals surface area contributed by atoms with Crippen molar-refractivity contribution in [1.82, 2.24) is 9.44 Å². The van der Waals surface area contributed by atoms with E-state index in [0.29, 0.717) is 0 Å². The van der Waals surface area contributed by atoms with Crippen LogP contribution in [0.25, 0.3) is 21.9 Å². The first-order chi connectivity index (χ1) is 13.0. The van der Waals surface area contributed by atoms with Gasteiger partial charge in [0.25, 0.3) is 0 Å². The van der Waals surface area contributed by atoms with Crippen molar-refractivity contribution in [3.8, 4) is 0 Å². The van der Waals surface area contributed by atoms with Crippen LogP contribution in [-0.4, -0.2) is 36.8 Å². The van der Waals surface area contributed by atoms with Crippen molar-refractivity contribution in [3.05, 3.63) is 46.1 Å². The minimum Gasteiger partial charge on any atom is -0.454 e. The lowest BCUT2D eigenvalue weighted by atomic mass is 10.1. The fourth-order valence-electron chi connectivity index (χ4n) is 2.64. The molecule has 3 rings (SSSR count). The highest BCUT2D eigenvalue weighted by atomic mass is 32.2. The predicted octanol–water partition coefficient (Wildman–Crippen LogP) is -0.139. The van der Waals surface area contributed by atoms with Crippen LogP contribution in [0.4, 0.5) is 0 Å². The van der Waals surface area contributed by atoms with Crippen LogP contribution in [0.3, 0.4) is 0 Å². The molecule has 0 saturated carbocycles. The Morgan fingerprint density at radius 1 is 0.964 bits per heavy atom. The zero-order valence-electron chi connectivity index (χ0n) is 14.6. The maximum absolute atomic E-state index is 13.0. The van der Waals surface area contributed by atoms with Crippen LogP contribution in [-0.2, 0) is 20.0 Å². The molecule has 0 bridgehead atoms. The summed E-state index contributed by atoms with van der Waals surface area (Å²) in [5, 5.41) is -0.324. The number of hydrogen-bond donors (Lipinski definition) is 3. The summed E-state index contributed by atoms with van der Waals surface area (Å²) in [4.78, 5) is 23.4. The second-order valence-electron chi connectivity index (χ2n) is 5.72. The molecule has 0 unspecified atom stereocenters. The highest BCUT2D eigenvalue weighted by molar-refractivity contribution is 7.90. The molecule has 10 nitrogen and oxygen atoms in total. The molecular weight excluding hydrogens is 410 g/mol. The van der Waals surface area contributed by atoms with Crippen molar-refractivity contribution in [1.29, 1.82) is 0 Å². The van der Waals surface area contributed by atoms with Gasteiger partial charge in [-0.2, -0.15) is 0 Å². The van der Waals surface area contributed by atoms with Gasteiger partial charge in [0.15, 0.2) is 5.58 Å². The van der Waals surface area contributed by atoms with Crippen molar-refractivity contribution in [3.63, 3.8) is 0 Å². The van der Waals surface area contributed by atoms with Gasteiger partial charge in [0.05, 0.1) is 15.7 Å². The number of nitrogens with two attached hydrogens (primary N) is 1. The molecule has 0 spiro atoms. The van der Waals surface area contributed by atoms with Gasteiger partial charge in [-0.3, -0.25) is 9.59 Å². The first-order valence-corrected chi connectivity index (χ1v) is 10.7. The zero-order chi connectivity index (χ0) is 20.9. The second-order valence-corrected chi connectivity index (χ2v) is 9.46. The van der Waals surface area contributed by atoms with E-state index >= 15 is 0 Å². The molecule has 0 aliphatic rings. The molecule has 0 aliphatic heterocycles. The van der Waals surface area contributed by atoms with E-state index in [9.17, 15) is 26.4 Å². The number of nitrogens with one attached hydrogen (secondary N) is 2. The number of sulfonamides is 2. The third kappa shape index (κ3) is 3.16. The first kappa shape index (κ1) is 19.9. The Kier molecular flexibility index (Phi) is 4.75. The Bertz CT molecular complexity index is 1410. The molecule has 4 N–H and O–H groups in total. The van der Waals surface area contributed by atoms with E-state index in [2.05, 4.69) is 9.44 Å². The number of amides is 1. The lowest BCUT2D eigenvalue weighted by Crippen LogP contribution is -2.23. The van der Waals surface area contributed by atoms with E-state index in [4.69, 9.17) is 10.2 Å². The van der Waals surface area contributed by atoms with Gasteiger partial charge in [0, 0.05) is 5.56 Å². The van der Waals surface area contributed by atoms with Gasteiger partial charge in [0.1, 0.15) is 10.5 Å². The summed E-state index contributed by atoms with van der Waals surface area (Å²) in [6, 6.07) is 5.74. The molecule has 2 aromatic carbocycles. The van der Waals surface area contributed by atoms with Crippen molar-refractivity contribution < 1.29 is 26.0 Å². The van der Waals surface area contributed by atoms with Gasteiger partial charge in [0.2, 0.25) is 31.4 Å². The van der Waals surface area contributed by atoms with Crippen molar-refractivity contribution in [2.45, 2.75) is 9.79 Å². The number of fused-ring (bicyclic) bond motifs is 2. The Balaban J connectivity index is 2.58. The molecule has 0 atom stereocenters. The van der Waals surface area contributed by atoms with Crippen LogP contribution in [0.1, 0.15) is 10.4 Å². The smallest absolute Gasteiger partial charge is 0.248 e. The molecule has 148 valence electrons. The fraction of sp³-hybridized carbons (Fsp3) is 0.125. The lowest BCUT2D eigenvalue weighted by Gasteiger charge is -2.11. The highest BCUT2D eigenvalue weighted by Crippen LogP contribution is 2.28. The van der Waals surface area contributed by atoms with Gasteiger partial charge in [-0.25, -0.2) is 26.3 Å². The van der Waals surface area contributed by atoms with Gasteiger partial charge in [-0.15, -0.1) is 0 Å². The number of carbonyl (C=O) groups excluding carboxylic acids is 1. The van der Waals surface area contributed by atoms with Gasteiger partial charge in [-0.05, 0) is 44.4 Å². The quantitative estimate of drug-likeness (QED) is 0.478. The summed E-state index contributed by atoms with van der Waals surface area (Å²) in [6.07, 6.45) is 0. The SMILES string of the molecule is CNS(=O)(=O)c1cc(S(=O)(=O)NC)c2oc3ccc(C(N)=O)cc3c(=O)c2c1. The maximum atomic E-state index is 13.0. The van der Waals surface area contributed by atoms with E-state index < -0.39 is 41.2 Å². The number of benzene rings is 2. The fourth-order valence-corrected chi connectivity index (χ4v) is 4.39. The predicted molar refractivity (Wildman–Crippen MR) is 101 cm³/mol. The molecule has 0 radical (unpaired) electrons. The van der Waals surface area contributed by atoms with Gasteiger partial charge >= 0.3 is 0 Å². The molecular formula is C16H15N3O7S2. The topological polar surface area (TPSA) is 166 Å². The molecule has 0 fully saturated rings. The van der Waals surface area contributed by atoms with Crippen LogP contribution in [0.5, 0.6) is 0 Å². The Morgan fingerprint density at radius 2 is 1.61 bits per heavy atom. The van der Waals surface area contributed by atoms with Crippen LogP contribution in [0.15, 0.2) is 49.3 Å². The standard InChI is InChI=1S/C16H15N3O7S2/c1-18-27(22,23)9-6-11-14(20)10-5-8(16(17)21)3-4-12(10)26-15(11)13(7-9)28(24,25)19-2/h3-7,18-19H,1-2H3,(H2,17,21). The van der Waals surface area contributed by atoms with Gasteiger partial charge in [-0.1, -0.05) is 0 Å². The van der Waals surface area contributed by atoms with E-state index in [0.717, 1.165) is 26.2 Å². The normalized spacial score (nSPS) is 12.5. The summed E-state index contributed by atoms with van der Waals surface area (Å²) in [5.74, 6) is -0.772.